The van der Waals surface area contributed by atoms with Gasteiger partial charge in [-0.05, 0) is 97.9 Å². The molecule has 2 aromatic heterocycles. The van der Waals surface area contributed by atoms with Crippen LogP contribution in [0.4, 0.5) is 0 Å². The lowest BCUT2D eigenvalue weighted by molar-refractivity contribution is -0.00620. The van der Waals surface area contributed by atoms with Crippen molar-refractivity contribution in [1.29, 1.82) is 0 Å². The van der Waals surface area contributed by atoms with Gasteiger partial charge in [0.25, 0.3) is 0 Å². The number of rotatable bonds is 3. The van der Waals surface area contributed by atoms with Gasteiger partial charge in [-0.2, -0.15) is 0 Å². The third-order valence-corrected chi connectivity index (χ3v) is 8.85. The van der Waals surface area contributed by atoms with Crippen LogP contribution in [-0.4, -0.2) is 10.1 Å². The van der Waals surface area contributed by atoms with Crippen LogP contribution >= 0.6 is 0 Å². The molecule has 172 valence electrons. The van der Waals surface area contributed by atoms with Crippen molar-refractivity contribution in [1.82, 2.24) is 4.98 Å². The van der Waals surface area contributed by atoms with Crippen molar-refractivity contribution in [2.24, 2.45) is 17.8 Å². The Hall–Kier alpha value is -3.14. The van der Waals surface area contributed by atoms with Gasteiger partial charge < -0.3 is 9.52 Å². The first-order chi connectivity index (χ1) is 16.5. The Morgan fingerprint density at radius 1 is 1.00 bits per heavy atom. The van der Waals surface area contributed by atoms with Crippen LogP contribution in [0, 0.1) is 24.7 Å². The second-order valence-electron chi connectivity index (χ2n) is 11.3. The third kappa shape index (κ3) is 3.04. The second kappa shape index (κ2) is 7.18. The van der Waals surface area contributed by atoms with Gasteiger partial charge in [0.05, 0.1) is 10.9 Å². The molecule has 0 spiro atoms. The summed E-state index contributed by atoms with van der Waals surface area (Å²) in [6.45, 7) is 2.13. The van der Waals surface area contributed by atoms with E-state index in [4.69, 9.17) is 4.42 Å². The summed E-state index contributed by atoms with van der Waals surface area (Å²) in [6.07, 6.45) is 10.2. The molecule has 4 heteroatoms. The number of aromatic nitrogens is 1. The summed E-state index contributed by atoms with van der Waals surface area (Å²) in [7, 11) is 0. The summed E-state index contributed by atoms with van der Waals surface area (Å²) in [4.78, 5) is 17.3. The molecule has 0 unspecified atom stereocenters. The number of aromatic hydroxyl groups is 1. The van der Waals surface area contributed by atoms with E-state index in [1.165, 1.54) is 49.7 Å². The molecule has 34 heavy (non-hydrogen) atoms. The highest BCUT2D eigenvalue weighted by molar-refractivity contribution is 6.01. The zero-order chi connectivity index (χ0) is 23.0. The number of phenols is 1. The molecule has 0 saturated heterocycles. The molecule has 4 saturated carbocycles. The number of para-hydroxylation sites is 1. The van der Waals surface area contributed by atoms with Gasteiger partial charge in [-0.25, -0.2) is 4.79 Å². The lowest BCUT2D eigenvalue weighted by atomic mass is 9.48. The minimum absolute atomic E-state index is 0.140. The number of aryl methyl sites for hydroxylation is 1. The fourth-order valence-electron chi connectivity index (χ4n) is 7.93. The Labute approximate surface area is 198 Å². The van der Waals surface area contributed by atoms with Crippen molar-refractivity contribution >= 4 is 21.9 Å². The Morgan fingerprint density at radius 2 is 1.71 bits per heavy atom. The van der Waals surface area contributed by atoms with Crippen molar-refractivity contribution in [2.75, 3.05) is 0 Å². The van der Waals surface area contributed by atoms with E-state index in [2.05, 4.69) is 24.0 Å². The van der Waals surface area contributed by atoms with Gasteiger partial charge >= 0.3 is 5.63 Å². The van der Waals surface area contributed by atoms with Crippen LogP contribution in [0.1, 0.15) is 60.8 Å². The van der Waals surface area contributed by atoms with Crippen LogP contribution in [0.3, 0.4) is 0 Å². The number of nitrogens with zero attached hydrogens (tertiary/aromatic N) is 1. The average Bonchev–Trinajstić information content (AvgIpc) is 2.80. The first kappa shape index (κ1) is 20.3. The van der Waals surface area contributed by atoms with Gasteiger partial charge in [0, 0.05) is 23.6 Å². The lowest BCUT2D eigenvalue weighted by Gasteiger charge is -2.57. The second-order valence-corrected chi connectivity index (χ2v) is 11.3. The first-order valence-corrected chi connectivity index (χ1v) is 12.6. The Kier molecular flexibility index (Phi) is 4.28. The van der Waals surface area contributed by atoms with Crippen LogP contribution in [-0.2, 0) is 11.8 Å². The number of hydrogen-bond donors (Lipinski definition) is 1. The monoisotopic (exact) mass is 451 g/mol. The minimum Gasteiger partial charge on any atom is -0.507 e. The molecule has 8 rings (SSSR count). The largest absolute Gasteiger partial charge is 0.507 e. The van der Waals surface area contributed by atoms with E-state index in [1.807, 2.05) is 30.5 Å². The molecule has 4 aliphatic carbocycles. The van der Waals surface area contributed by atoms with E-state index in [0.29, 0.717) is 28.7 Å². The normalized spacial score (nSPS) is 27.6. The minimum atomic E-state index is -0.370. The third-order valence-electron chi connectivity index (χ3n) is 8.85. The van der Waals surface area contributed by atoms with E-state index in [9.17, 15) is 9.90 Å². The van der Waals surface area contributed by atoms with Crippen LogP contribution in [0.15, 0.2) is 57.9 Å². The molecule has 4 fully saturated rings. The van der Waals surface area contributed by atoms with Crippen LogP contribution in [0.25, 0.3) is 21.9 Å². The molecule has 0 amide bonds. The van der Waals surface area contributed by atoms with E-state index in [-0.39, 0.29) is 11.0 Å². The maximum Gasteiger partial charge on any atom is 0.345 e. The van der Waals surface area contributed by atoms with E-state index in [0.717, 1.165) is 34.3 Å². The molecule has 0 aliphatic heterocycles. The highest BCUT2D eigenvalue weighted by atomic mass is 16.4. The Balaban J connectivity index is 1.30. The van der Waals surface area contributed by atoms with Gasteiger partial charge in [0.2, 0.25) is 0 Å². The number of pyridine rings is 1. The SMILES string of the molecule is Cc1cc(Cc2cnc3c(c2)c(=O)oc2ccccc23)c(O)c(C23CC4CC(CC(C4)C2)C3)c1. The Bertz CT molecular complexity index is 1480. The van der Waals surface area contributed by atoms with Crippen molar-refractivity contribution < 1.29 is 9.52 Å². The van der Waals surface area contributed by atoms with Crippen molar-refractivity contribution in [2.45, 2.75) is 57.3 Å². The molecule has 2 heterocycles. The topological polar surface area (TPSA) is 63.3 Å². The molecule has 4 nitrogen and oxygen atoms in total. The van der Waals surface area contributed by atoms with E-state index >= 15 is 0 Å². The highest BCUT2D eigenvalue weighted by Crippen LogP contribution is 2.62. The smallest absolute Gasteiger partial charge is 0.345 e. The molecule has 0 atom stereocenters. The number of hydrogen-bond acceptors (Lipinski definition) is 4. The van der Waals surface area contributed by atoms with Gasteiger partial charge in [-0.1, -0.05) is 29.8 Å². The van der Waals surface area contributed by atoms with Gasteiger partial charge in [-0.3, -0.25) is 4.98 Å². The summed E-state index contributed by atoms with van der Waals surface area (Å²) < 4.78 is 5.53. The number of benzene rings is 2. The fourth-order valence-corrected chi connectivity index (χ4v) is 7.93. The summed E-state index contributed by atoms with van der Waals surface area (Å²) in [5.41, 5.74) is 5.19. The lowest BCUT2D eigenvalue weighted by Crippen LogP contribution is -2.48. The van der Waals surface area contributed by atoms with Gasteiger partial charge in [0.1, 0.15) is 11.3 Å². The summed E-state index contributed by atoms with van der Waals surface area (Å²) in [6, 6.07) is 13.7. The molecular formula is C30H29NO3. The van der Waals surface area contributed by atoms with Crippen LogP contribution in [0.2, 0.25) is 0 Å². The number of fused-ring (bicyclic) bond motifs is 3. The predicted octanol–water partition coefficient (Wildman–Crippen LogP) is 6.41. The zero-order valence-electron chi connectivity index (χ0n) is 19.5. The highest BCUT2D eigenvalue weighted by Gasteiger charge is 2.52. The van der Waals surface area contributed by atoms with Crippen molar-refractivity contribution in [3.8, 4) is 5.75 Å². The molecular weight excluding hydrogens is 422 g/mol. The molecule has 4 bridgehead atoms. The van der Waals surface area contributed by atoms with Crippen LogP contribution in [0.5, 0.6) is 5.75 Å². The maximum atomic E-state index is 12.7. The fraction of sp³-hybridized carbons (Fsp3) is 0.400. The first-order valence-electron chi connectivity index (χ1n) is 12.6. The maximum absolute atomic E-state index is 12.7. The van der Waals surface area contributed by atoms with Crippen LogP contribution < -0.4 is 5.63 Å². The predicted molar refractivity (Wildman–Crippen MR) is 133 cm³/mol. The summed E-state index contributed by atoms with van der Waals surface area (Å²) in [5.74, 6) is 2.94. The molecule has 0 radical (unpaired) electrons. The molecule has 4 aliphatic rings. The molecule has 4 aromatic rings. The Morgan fingerprint density at radius 3 is 2.44 bits per heavy atom. The number of phenolic OH excluding ortho intramolecular Hbond substituents is 1. The summed E-state index contributed by atoms with van der Waals surface area (Å²) in [5, 5.41) is 12.9. The standard InChI is InChI=1S/C30H29NO3/c1-17-6-22(28(32)25(7-17)30-13-18-8-19(14-30)10-20(9-18)15-30)11-21-12-24-27(31-16-21)23-4-2-3-5-26(23)34-29(24)33/h2-7,12,16,18-20,32H,8-11,13-15H2,1H3. The van der Waals surface area contributed by atoms with Crippen molar-refractivity contribution in [3.63, 3.8) is 0 Å². The molecule has 1 N–H and O–H groups in total. The zero-order valence-corrected chi connectivity index (χ0v) is 19.5. The average molecular weight is 452 g/mol. The van der Waals surface area contributed by atoms with E-state index in [1.54, 1.807) is 6.07 Å². The van der Waals surface area contributed by atoms with Crippen molar-refractivity contribution in [3.05, 3.63) is 81.3 Å². The van der Waals surface area contributed by atoms with Gasteiger partial charge in [-0.15, -0.1) is 0 Å². The quantitative estimate of drug-likeness (QED) is 0.289. The van der Waals surface area contributed by atoms with E-state index < -0.39 is 0 Å². The van der Waals surface area contributed by atoms with Gasteiger partial charge in [0.15, 0.2) is 0 Å². The molecule has 2 aromatic carbocycles. The summed E-state index contributed by atoms with van der Waals surface area (Å²) >= 11 is 0.